The highest BCUT2D eigenvalue weighted by Gasteiger charge is 2.09. The van der Waals surface area contributed by atoms with Crippen LogP contribution < -0.4 is 5.32 Å². The fourth-order valence-electron chi connectivity index (χ4n) is 1.35. The molecule has 0 amide bonds. The van der Waals surface area contributed by atoms with Crippen LogP contribution in [0.2, 0.25) is 10.0 Å². The van der Waals surface area contributed by atoms with E-state index < -0.39 is 5.97 Å². The minimum atomic E-state index is -0.546. The Morgan fingerprint density at radius 3 is 2.42 bits per heavy atom. The average Bonchev–Trinajstić information content (AvgIpc) is 2.43. The number of hydrogen-bond donors (Lipinski definition) is 1. The molecule has 0 bridgehead atoms. The van der Waals surface area contributed by atoms with Gasteiger partial charge in [-0.05, 0) is 12.1 Å². The zero-order valence-electron chi connectivity index (χ0n) is 9.85. The lowest BCUT2D eigenvalue weighted by Gasteiger charge is -2.09. The standard InChI is InChI=1S/C12H9Cl2N3O2/c1-19-12(18)9-5-16-10(6-15-9)17-11-7(13)3-2-4-8(11)14/h2-6H,1H3,(H,16,17). The number of esters is 1. The van der Waals surface area contributed by atoms with Crippen molar-refractivity contribution in [2.75, 3.05) is 12.4 Å². The number of ether oxygens (including phenoxy) is 1. The zero-order chi connectivity index (χ0) is 13.8. The van der Waals surface area contributed by atoms with Gasteiger partial charge in [0, 0.05) is 0 Å². The normalized spacial score (nSPS) is 10.1. The summed E-state index contributed by atoms with van der Waals surface area (Å²) in [6.07, 6.45) is 2.70. The van der Waals surface area contributed by atoms with Crippen LogP contribution in [0.15, 0.2) is 30.6 Å². The highest BCUT2D eigenvalue weighted by molar-refractivity contribution is 6.39. The van der Waals surface area contributed by atoms with Crippen LogP contribution in [-0.4, -0.2) is 23.0 Å². The van der Waals surface area contributed by atoms with E-state index in [1.807, 2.05) is 0 Å². The first kappa shape index (κ1) is 13.6. The molecular weight excluding hydrogens is 289 g/mol. The molecule has 5 nitrogen and oxygen atoms in total. The van der Waals surface area contributed by atoms with Gasteiger partial charge in [-0.2, -0.15) is 0 Å². The number of methoxy groups -OCH3 is 1. The third-order valence-corrected chi connectivity index (χ3v) is 2.89. The molecule has 1 N–H and O–H groups in total. The largest absolute Gasteiger partial charge is 0.464 e. The van der Waals surface area contributed by atoms with Crippen LogP contribution >= 0.6 is 23.2 Å². The quantitative estimate of drug-likeness (QED) is 0.881. The molecule has 98 valence electrons. The summed E-state index contributed by atoms with van der Waals surface area (Å²) in [6, 6.07) is 5.14. The van der Waals surface area contributed by atoms with Crippen LogP contribution in [0.1, 0.15) is 10.5 Å². The number of para-hydroxylation sites is 1. The van der Waals surface area contributed by atoms with Crippen molar-refractivity contribution in [3.63, 3.8) is 0 Å². The van der Waals surface area contributed by atoms with E-state index >= 15 is 0 Å². The molecule has 2 rings (SSSR count). The summed E-state index contributed by atoms with van der Waals surface area (Å²) in [5, 5.41) is 3.86. The Bertz CT molecular complexity index is 582. The van der Waals surface area contributed by atoms with Crippen molar-refractivity contribution in [1.82, 2.24) is 9.97 Å². The summed E-state index contributed by atoms with van der Waals surface area (Å²) in [7, 11) is 1.28. The van der Waals surface area contributed by atoms with Crippen LogP contribution in [0.3, 0.4) is 0 Å². The first-order valence-corrected chi connectivity index (χ1v) is 5.99. The molecule has 7 heteroatoms. The number of halogens is 2. The minimum Gasteiger partial charge on any atom is -0.464 e. The van der Waals surface area contributed by atoms with Crippen LogP contribution in [-0.2, 0) is 4.74 Å². The minimum absolute atomic E-state index is 0.123. The summed E-state index contributed by atoms with van der Waals surface area (Å²) in [4.78, 5) is 19.2. The van der Waals surface area contributed by atoms with Crippen molar-refractivity contribution < 1.29 is 9.53 Å². The van der Waals surface area contributed by atoms with Gasteiger partial charge < -0.3 is 10.1 Å². The van der Waals surface area contributed by atoms with Gasteiger partial charge in [-0.1, -0.05) is 29.3 Å². The summed E-state index contributed by atoms with van der Waals surface area (Å²) in [6.45, 7) is 0. The predicted octanol–water partition coefficient (Wildman–Crippen LogP) is 3.31. The van der Waals surface area contributed by atoms with Crippen LogP contribution in [0.25, 0.3) is 0 Å². The van der Waals surface area contributed by atoms with Crippen molar-refractivity contribution in [2.24, 2.45) is 0 Å². The number of anilines is 2. The van der Waals surface area contributed by atoms with E-state index in [0.29, 0.717) is 21.6 Å². The van der Waals surface area contributed by atoms with Gasteiger partial charge >= 0.3 is 5.97 Å². The Morgan fingerprint density at radius 2 is 1.89 bits per heavy atom. The van der Waals surface area contributed by atoms with Gasteiger partial charge in [0.05, 0.1) is 35.2 Å². The van der Waals surface area contributed by atoms with Crippen LogP contribution in [0, 0.1) is 0 Å². The number of carbonyl (C=O) groups is 1. The molecule has 0 unspecified atom stereocenters. The SMILES string of the molecule is COC(=O)c1cnc(Nc2c(Cl)cccc2Cl)cn1. The predicted molar refractivity (Wildman–Crippen MR) is 73.1 cm³/mol. The lowest BCUT2D eigenvalue weighted by molar-refractivity contribution is 0.0593. The maximum atomic E-state index is 11.2. The Morgan fingerprint density at radius 1 is 1.21 bits per heavy atom. The molecule has 0 radical (unpaired) electrons. The van der Waals surface area contributed by atoms with Gasteiger partial charge in [0.1, 0.15) is 5.82 Å². The van der Waals surface area contributed by atoms with Gasteiger partial charge in [-0.15, -0.1) is 0 Å². The molecule has 2 aromatic rings. The number of nitrogens with zero attached hydrogens (tertiary/aromatic N) is 2. The number of aromatic nitrogens is 2. The van der Waals surface area contributed by atoms with Gasteiger partial charge in [-0.3, -0.25) is 0 Å². The lowest BCUT2D eigenvalue weighted by Crippen LogP contribution is -2.05. The van der Waals surface area contributed by atoms with Gasteiger partial charge in [0.15, 0.2) is 5.69 Å². The van der Waals surface area contributed by atoms with Gasteiger partial charge in [-0.25, -0.2) is 14.8 Å². The molecule has 0 atom stereocenters. The van der Waals surface area contributed by atoms with E-state index in [0.717, 1.165) is 0 Å². The lowest BCUT2D eigenvalue weighted by atomic mass is 10.3. The Labute approximate surface area is 119 Å². The molecule has 0 aliphatic heterocycles. The van der Waals surface area contributed by atoms with E-state index in [1.165, 1.54) is 19.5 Å². The Balaban J connectivity index is 2.22. The maximum absolute atomic E-state index is 11.2. The Kier molecular flexibility index (Phi) is 4.19. The highest BCUT2D eigenvalue weighted by atomic mass is 35.5. The van der Waals surface area contributed by atoms with Gasteiger partial charge in [0.2, 0.25) is 0 Å². The third-order valence-electron chi connectivity index (χ3n) is 2.26. The molecule has 0 aliphatic rings. The van der Waals surface area contributed by atoms with Crippen molar-refractivity contribution in [3.8, 4) is 0 Å². The topological polar surface area (TPSA) is 64.1 Å². The van der Waals surface area contributed by atoms with Crippen molar-refractivity contribution in [1.29, 1.82) is 0 Å². The maximum Gasteiger partial charge on any atom is 0.358 e. The number of nitrogens with one attached hydrogen (secondary N) is 1. The second kappa shape index (κ2) is 5.86. The molecule has 1 heterocycles. The molecule has 19 heavy (non-hydrogen) atoms. The molecule has 0 spiro atoms. The van der Waals surface area contributed by atoms with Crippen molar-refractivity contribution in [2.45, 2.75) is 0 Å². The fourth-order valence-corrected chi connectivity index (χ4v) is 1.84. The molecule has 0 fully saturated rings. The number of benzene rings is 1. The number of rotatable bonds is 3. The van der Waals surface area contributed by atoms with E-state index in [4.69, 9.17) is 23.2 Å². The van der Waals surface area contributed by atoms with E-state index in [1.54, 1.807) is 18.2 Å². The third kappa shape index (κ3) is 3.13. The molecule has 1 aromatic heterocycles. The Hall–Kier alpha value is -1.85. The summed E-state index contributed by atoms with van der Waals surface area (Å²) in [5.74, 6) is -0.127. The molecule has 1 aromatic carbocycles. The van der Waals surface area contributed by atoms with Crippen LogP contribution in [0.5, 0.6) is 0 Å². The fraction of sp³-hybridized carbons (Fsp3) is 0.0833. The first-order valence-electron chi connectivity index (χ1n) is 5.23. The average molecular weight is 298 g/mol. The number of hydrogen-bond acceptors (Lipinski definition) is 5. The summed E-state index contributed by atoms with van der Waals surface area (Å²) < 4.78 is 4.53. The molecule has 0 aliphatic carbocycles. The van der Waals surface area contributed by atoms with E-state index in [-0.39, 0.29) is 5.69 Å². The van der Waals surface area contributed by atoms with Gasteiger partial charge in [0.25, 0.3) is 0 Å². The molecular formula is C12H9Cl2N3O2. The highest BCUT2D eigenvalue weighted by Crippen LogP contribution is 2.31. The molecule has 0 saturated heterocycles. The molecule has 0 saturated carbocycles. The van der Waals surface area contributed by atoms with Crippen molar-refractivity contribution in [3.05, 3.63) is 46.3 Å². The summed E-state index contributed by atoms with van der Waals surface area (Å²) >= 11 is 12.0. The zero-order valence-corrected chi connectivity index (χ0v) is 11.4. The van der Waals surface area contributed by atoms with E-state index in [9.17, 15) is 4.79 Å². The summed E-state index contributed by atoms with van der Waals surface area (Å²) in [5.41, 5.74) is 0.657. The smallest absolute Gasteiger partial charge is 0.358 e. The van der Waals surface area contributed by atoms with E-state index in [2.05, 4.69) is 20.0 Å². The second-order valence-electron chi connectivity index (χ2n) is 3.50. The van der Waals surface area contributed by atoms with Crippen molar-refractivity contribution >= 4 is 40.7 Å². The first-order chi connectivity index (χ1) is 9.11. The van der Waals surface area contributed by atoms with Crippen LogP contribution in [0.4, 0.5) is 11.5 Å². The second-order valence-corrected chi connectivity index (χ2v) is 4.31. The monoisotopic (exact) mass is 297 g/mol. The number of carbonyl (C=O) groups excluding carboxylic acids is 1.